The lowest BCUT2D eigenvalue weighted by molar-refractivity contribution is 0.286. The number of unbranched alkanes of at least 4 members (excludes halogenated alkanes) is 3. The predicted octanol–water partition coefficient (Wildman–Crippen LogP) is 10.6. The fourth-order valence-corrected chi connectivity index (χ4v) is 5.35. The third kappa shape index (κ3) is 6.89. The Morgan fingerprint density at radius 1 is 0.763 bits per heavy atom. The summed E-state index contributed by atoms with van der Waals surface area (Å²) in [6.45, 7) is 4.63. The molecule has 38 heavy (non-hydrogen) atoms. The van der Waals surface area contributed by atoms with Crippen LogP contribution in [-0.4, -0.2) is 6.61 Å². The molecule has 0 bridgehead atoms. The van der Waals surface area contributed by atoms with Crippen molar-refractivity contribution in [2.45, 2.75) is 77.6 Å². The topological polar surface area (TPSA) is 9.23 Å². The van der Waals surface area contributed by atoms with Crippen LogP contribution in [0.4, 0.5) is 13.2 Å². The Labute approximate surface area is 225 Å². The van der Waals surface area contributed by atoms with Crippen molar-refractivity contribution in [2.24, 2.45) is 5.92 Å². The first-order valence-corrected chi connectivity index (χ1v) is 14.2. The summed E-state index contributed by atoms with van der Waals surface area (Å²) in [6.07, 6.45) is 14.3. The van der Waals surface area contributed by atoms with Gasteiger partial charge in [0.2, 0.25) is 5.82 Å². The van der Waals surface area contributed by atoms with E-state index in [-0.39, 0.29) is 17.1 Å². The van der Waals surface area contributed by atoms with Crippen LogP contribution in [0.1, 0.15) is 83.1 Å². The normalized spacial score (nSPS) is 17.7. The van der Waals surface area contributed by atoms with Gasteiger partial charge in [0, 0.05) is 11.1 Å². The molecule has 0 spiro atoms. The molecule has 4 rings (SSSR count). The second kappa shape index (κ2) is 13.7. The smallest absolute Gasteiger partial charge is 0.201 e. The van der Waals surface area contributed by atoms with E-state index in [1.165, 1.54) is 18.6 Å². The van der Waals surface area contributed by atoms with Crippen LogP contribution in [0, 0.1) is 23.4 Å². The van der Waals surface area contributed by atoms with Crippen LogP contribution < -0.4 is 4.74 Å². The third-order valence-corrected chi connectivity index (χ3v) is 7.66. The minimum Gasteiger partial charge on any atom is -0.490 e. The summed E-state index contributed by atoms with van der Waals surface area (Å²) in [5, 5.41) is 0. The summed E-state index contributed by atoms with van der Waals surface area (Å²) >= 11 is 0. The van der Waals surface area contributed by atoms with Gasteiger partial charge in [-0.05, 0) is 85.3 Å². The first kappa shape index (κ1) is 28.0. The molecule has 0 amide bonds. The maximum absolute atomic E-state index is 15.2. The molecule has 0 heterocycles. The summed E-state index contributed by atoms with van der Waals surface area (Å²) in [4.78, 5) is 0. The minimum absolute atomic E-state index is 0.0671. The van der Waals surface area contributed by atoms with Gasteiger partial charge in [-0.25, -0.2) is 8.78 Å². The van der Waals surface area contributed by atoms with Crippen molar-refractivity contribution in [1.29, 1.82) is 0 Å². The van der Waals surface area contributed by atoms with Crippen LogP contribution in [0.5, 0.6) is 5.75 Å². The number of halogens is 3. The Morgan fingerprint density at radius 2 is 1.45 bits per heavy atom. The number of hydrogen-bond donors (Lipinski definition) is 0. The third-order valence-electron chi connectivity index (χ3n) is 7.66. The van der Waals surface area contributed by atoms with Gasteiger partial charge in [-0.15, -0.1) is 0 Å². The highest BCUT2D eigenvalue weighted by Crippen LogP contribution is 2.38. The number of ether oxygens (including phenoxy) is 1. The van der Waals surface area contributed by atoms with Gasteiger partial charge in [-0.1, -0.05) is 81.7 Å². The summed E-state index contributed by atoms with van der Waals surface area (Å²) in [7, 11) is 0. The summed E-state index contributed by atoms with van der Waals surface area (Å²) < 4.78 is 50.0. The van der Waals surface area contributed by atoms with Crippen LogP contribution >= 0.6 is 0 Å². The van der Waals surface area contributed by atoms with E-state index in [0.29, 0.717) is 35.1 Å². The summed E-state index contributed by atoms with van der Waals surface area (Å²) in [6, 6.07) is 15.5. The molecule has 1 aliphatic rings. The highest BCUT2D eigenvalue weighted by molar-refractivity contribution is 5.71. The molecule has 3 aromatic carbocycles. The Kier molecular flexibility index (Phi) is 10.1. The molecule has 0 saturated heterocycles. The quantitative estimate of drug-likeness (QED) is 0.180. The van der Waals surface area contributed by atoms with Gasteiger partial charge in [-0.2, -0.15) is 4.39 Å². The second-order valence-electron chi connectivity index (χ2n) is 10.4. The molecule has 0 N–H and O–H groups in total. The van der Waals surface area contributed by atoms with Crippen LogP contribution in [0.25, 0.3) is 22.3 Å². The average Bonchev–Trinajstić information content (AvgIpc) is 2.94. The van der Waals surface area contributed by atoms with Gasteiger partial charge < -0.3 is 4.74 Å². The SMILES string of the molecule is CCCC=CC1CCC(c2ccc(-c3ccc(-c4ccc(OCCCCC)c(F)c4F)cc3)c(F)c2)CC1. The van der Waals surface area contributed by atoms with Crippen molar-refractivity contribution in [3.8, 4) is 28.0 Å². The zero-order valence-corrected chi connectivity index (χ0v) is 22.6. The predicted molar refractivity (Wildman–Crippen MR) is 151 cm³/mol. The summed E-state index contributed by atoms with van der Waals surface area (Å²) in [5.41, 5.74) is 2.97. The Morgan fingerprint density at radius 3 is 2.11 bits per heavy atom. The molecule has 0 unspecified atom stereocenters. The number of rotatable bonds is 11. The van der Waals surface area contributed by atoms with Crippen molar-refractivity contribution >= 4 is 0 Å². The van der Waals surface area contributed by atoms with Crippen molar-refractivity contribution in [2.75, 3.05) is 6.61 Å². The molecule has 1 fully saturated rings. The molecule has 4 heteroatoms. The molecular formula is C34H39F3O. The fourth-order valence-electron chi connectivity index (χ4n) is 5.35. The van der Waals surface area contributed by atoms with Crippen LogP contribution in [0.2, 0.25) is 0 Å². The van der Waals surface area contributed by atoms with Gasteiger partial charge in [-0.3, -0.25) is 0 Å². The van der Waals surface area contributed by atoms with Crippen LogP contribution in [0.3, 0.4) is 0 Å². The van der Waals surface area contributed by atoms with E-state index in [1.807, 2.05) is 12.1 Å². The fraction of sp³-hybridized carbons (Fsp3) is 0.412. The minimum atomic E-state index is -0.976. The van der Waals surface area contributed by atoms with Gasteiger partial charge in [0.05, 0.1) is 6.61 Å². The number of hydrogen-bond acceptors (Lipinski definition) is 1. The maximum atomic E-state index is 15.2. The monoisotopic (exact) mass is 520 g/mol. The molecule has 1 saturated carbocycles. The van der Waals surface area contributed by atoms with Crippen molar-refractivity contribution in [1.82, 2.24) is 0 Å². The van der Waals surface area contributed by atoms with E-state index >= 15 is 4.39 Å². The van der Waals surface area contributed by atoms with E-state index < -0.39 is 11.6 Å². The van der Waals surface area contributed by atoms with Crippen LogP contribution in [0.15, 0.2) is 66.7 Å². The average molecular weight is 521 g/mol. The standard InChI is InChI=1S/C34H39F3O/c1-3-5-7-9-24-10-12-25(13-11-24)28-18-19-29(31(35)23-28)26-14-16-27(17-15-26)30-20-21-32(34(37)33(30)36)38-22-8-6-4-2/h7,9,14-21,23-25H,3-6,8,10-13,22H2,1-2H3. The Hall–Kier alpha value is -3.01. The first-order chi connectivity index (χ1) is 18.5. The zero-order chi connectivity index (χ0) is 26.9. The lowest BCUT2D eigenvalue weighted by atomic mass is 9.78. The van der Waals surface area contributed by atoms with Crippen molar-refractivity contribution in [3.05, 3.63) is 89.8 Å². The molecule has 202 valence electrons. The molecule has 3 aromatic rings. The molecular weight excluding hydrogens is 481 g/mol. The van der Waals surface area contributed by atoms with Gasteiger partial charge >= 0.3 is 0 Å². The van der Waals surface area contributed by atoms with Crippen molar-refractivity contribution < 1.29 is 17.9 Å². The molecule has 0 radical (unpaired) electrons. The Bertz CT molecular complexity index is 1210. The van der Waals surface area contributed by atoms with E-state index in [0.717, 1.165) is 56.9 Å². The first-order valence-electron chi connectivity index (χ1n) is 14.2. The molecule has 1 nitrogen and oxygen atoms in total. The van der Waals surface area contributed by atoms with E-state index in [1.54, 1.807) is 30.3 Å². The molecule has 0 atom stereocenters. The van der Waals surface area contributed by atoms with Gasteiger partial charge in [0.25, 0.3) is 0 Å². The number of allylic oxidation sites excluding steroid dienone is 2. The second-order valence-corrected chi connectivity index (χ2v) is 10.4. The van der Waals surface area contributed by atoms with E-state index in [2.05, 4.69) is 26.0 Å². The molecule has 0 aliphatic heterocycles. The molecule has 1 aliphatic carbocycles. The van der Waals surface area contributed by atoms with Crippen LogP contribution in [-0.2, 0) is 0 Å². The van der Waals surface area contributed by atoms with Crippen molar-refractivity contribution in [3.63, 3.8) is 0 Å². The Balaban J connectivity index is 1.42. The highest BCUT2D eigenvalue weighted by Gasteiger charge is 2.22. The zero-order valence-electron chi connectivity index (χ0n) is 22.6. The lowest BCUT2D eigenvalue weighted by Crippen LogP contribution is -2.12. The highest BCUT2D eigenvalue weighted by atomic mass is 19.2. The van der Waals surface area contributed by atoms with E-state index in [4.69, 9.17) is 4.74 Å². The summed E-state index contributed by atoms with van der Waals surface area (Å²) in [5.74, 6) is -1.18. The van der Waals surface area contributed by atoms with Gasteiger partial charge in [0.1, 0.15) is 5.82 Å². The van der Waals surface area contributed by atoms with E-state index in [9.17, 15) is 8.78 Å². The largest absolute Gasteiger partial charge is 0.490 e. The molecule has 0 aromatic heterocycles. The van der Waals surface area contributed by atoms with Gasteiger partial charge in [0.15, 0.2) is 11.6 Å². The maximum Gasteiger partial charge on any atom is 0.201 e. The lowest BCUT2D eigenvalue weighted by Gasteiger charge is -2.27. The number of benzene rings is 3.